The third kappa shape index (κ3) is 3.20. The van der Waals surface area contributed by atoms with Crippen molar-refractivity contribution in [2.75, 3.05) is 37.7 Å². The molecule has 1 saturated heterocycles. The Labute approximate surface area is 122 Å². The zero-order chi connectivity index (χ0) is 14.6. The van der Waals surface area contributed by atoms with Crippen LogP contribution >= 0.6 is 0 Å². The molecule has 0 unspecified atom stereocenters. The summed E-state index contributed by atoms with van der Waals surface area (Å²) in [7, 11) is 1.89. The molecular formula is C15H27N5. The van der Waals surface area contributed by atoms with E-state index < -0.39 is 0 Å². The van der Waals surface area contributed by atoms with Crippen molar-refractivity contribution < 1.29 is 0 Å². The molecule has 3 N–H and O–H groups in total. The van der Waals surface area contributed by atoms with Gasteiger partial charge in [0.2, 0.25) is 5.95 Å². The fraction of sp³-hybridized carbons (Fsp3) is 0.733. The van der Waals surface area contributed by atoms with E-state index in [1.165, 1.54) is 24.9 Å². The molecule has 5 heteroatoms. The minimum atomic E-state index is 0.148. The van der Waals surface area contributed by atoms with E-state index in [1.807, 2.05) is 13.2 Å². The van der Waals surface area contributed by atoms with Crippen LogP contribution < -0.4 is 11.1 Å². The Morgan fingerprint density at radius 1 is 1.40 bits per heavy atom. The number of nitrogens with two attached hydrogens (primary N) is 1. The first kappa shape index (κ1) is 15.0. The number of rotatable bonds is 5. The summed E-state index contributed by atoms with van der Waals surface area (Å²) in [5.74, 6) is 1.21. The third-order valence-corrected chi connectivity index (χ3v) is 4.48. The summed E-state index contributed by atoms with van der Waals surface area (Å²) in [6.07, 6.45) is 6.76. The zero-order valence-corrected chi connectivity index (χ0v) is 12.9. The number of nitrogen functional groups attached to an aromatic ring is 1. The van der Waals surface area contributed by atoms with Gasteiger partial charge < -0.3 is 16.0 Å². The predicted octanol–water partition coefficient (Wildman–Crippen LogP) is 2.25. The topological polar surface area (TPSA) is 67.1 Å². The van der Waals surface area contributed by atoms with Crippen molar-refractivity contribution in [3.63, 3.8) is 0 Å². The smallest absolute Gasteiger partial charge is 0.221 e. The Bertz CT molecular complexity index is 438. The molecule has 1 aliphatic rings. The van der Waals surface area contributed by atoms with E-state index in [1.54, 1.807) is 0 Å². The molecule has 1 aliphatic heterocycles. The molecule has 5 nitrogen and oxygen atoms in total. The molecule has 0 aliphatic carbocycles. The van der Waals surface area contributed by atoms with Crippen LogP contribution in [0.15, 0.2) is 6.20 Å². The third-order valence-electron chi connectivity index (χ3n) is 4.48. The standard InChI is InChI=1S/C15H27N5/c1-4-5-8-20-9-6-15(2,7-10-20)12-11-18-14(16)19-13(12)17-3/h11H,4-10H2,1-3H3,(H3,16,17,18,19). The Hall–Kier alpha value is -1.36. The second-order valence-corrected chi connectivity index (χ2v) is 6.00. The van der Waals surface area contributed by atoms with Gasteiger partial charge in [0.15, 0.2) is 0 Å². The van der Waals surface area contributed by atoms with Gasteiger partial charge in [-0.1, -0.05) is 20.3 Å². The summed E-state index contributed by atoms with van der Waals surface area (Å²) < 4.78 is 0. The van der Waals surface area contributed by atoms with Gasteiger partial charge in [0.25, 0.3) is 0 Å². The Balaban J connectivity index is 2.09. The second-order valence-electron chi connectivity index (χ2n) is 6.00. The number of hydrogen-bond donors (Lipinski definition) is 2. The minimum absolute atomic E-state index is 0.148. The van der Waals surface area contributed by atoms with Crippen molar-refractivity contribution >= 4 is 11.8 Å². The highest BCUT2D eigenvalue weighted by molar-refractivity contribution is 5.49. The number of nitrogens with one attached hydrogen (secondary N) is 1. The van der Waals surface area contributed by atoms with Gasteiger partial charge in [0, 0.05) is 24.2 Å². The Morgan fingerprint density at radius 2 is 2.10 bits per heavy atom. The summed E-state index contributed by atoms with van der Waals surface area (Å²) in [5.41, 5.74) is 7.03. The van der Waals surface area contributed by atoms with E-state index in [4.69, 9.17) is 5.73 Å². The average Bonchev–Trinajstić information content (AvgIpc) is 2.46. The maximum absolute atomic E-state index is 5.68. The SMILES string of the molecule is CCCCN1CCC(C)(c2cnc(N)nc2NC)CC1. The van der Waals surface area contributed by atoms with Crippen molar-refractivity contribution in [2.24, 2.45) is 0 Å². The van der Waals surface area contributed by atoms with Crippen LogP contribution in [0.25, 0.3) is 0 Å². The van der Waals surface area contributed by atoms with E-state index in [-0.39, 0.29) is 5.41 Å². The van der Waals surface area contributed by atoms with Crippen molar-refractivity contribution in [1.82, 2.24) is 14.9 Å². The largest absolute Gasteiger partial charge is 0.373 e. The second kappa shape index (κ2) is 6.39. The molecule has 0 bridgehead atoms. The fourth-order valence-electron chi connectivity index (χ4n) is 2.95. The van der Waals surface area contributed by atoms with E-state index in [9.17, 15) is 0 Å². The van der Waals surface area contributed by atoms with E-state index in [0.717, 1.165) is 31.7 Å². The molecular weight excluding hydrogens is 250 g/mol. The van der Waals surface area contributed by atoms with Gasteiger partial charge in [-0.2, -0.15) is 4.98 Å². The number of piperidine rings is 1. The molecule has 2 rings (SSSR count). The highest BCUT2D eigenvalue weighted by atomic mass is 15.1. The van der Waals surface area contributed by atoms with Crippen LogP contribution in [0.1, 0.15) is 45.1 Å². The van der Waals surface area contributed by atoms with Gasteiger partial charge in [0.05, 0.1) is 0 Å². The van der Waals surface area contributed by atoms with Crippen molar-refractivity contribution in [1.29, 1.82) is 0 Å². The van der Waals surface area contributed by atoms with Crippen LogP contribution in [-0.4, -0.2) is 41.5 Å². The lowest BCUT2D eigenvalue weighted by Crippen LogP contribution is -2.41. The highest BCUT2D eigenvalue weighted by Crippen LogP contribution is 2.38. The average molecular weight is 277 g/mol. The molecule has 1 aromatic rings. The molecule has 1 fully saturated rings. The molecule has 2 heterocycles. The van der Waals surface area contributed by atoms with E-state index in [2.05, 4.69) is 34.0 Å². The first-order valence-electron chi connectivity index (χ1n) is 7.62. The van der Waals surface area contributed by atoms with Crippen molar-refractivity contribution in [2.45, 2.75) is 44.9 Å². The van der Waals surface area contributed by atoms with Gasteiger partial charge >= 0.3 is 0 Å². The van der Waals surface area contributed by atoms with Crippen molar-refractivity contribution in [3.05, 3.63) is 11.8 Å². The molecule has 0 saturated carbocycles. The lowest BCUT2D eigenvalue weighted by atomic mass is 9.75. The molecule has 1 aromatic heterocycles. The summed E-state index contributed by atoms with van der Waals surface area (Å²) in [6.45, 7) is 8.11. The number of unbranched alkanes of at least 4 members (excludes halogenated alkanes) is 1. The summed E-state index contributed by atoms with van der Waals surface area (Å²) >= 11 is 0. The van der Waals surface area contributed by atoms with E-state index >= 15 is 0 Å². The minimum Gasteiger partial charge on any atom is -0.373 e. The summed E-state index contributed by atoms with van der Waals surface area (Å²) in [6, 6.07) is 0. The lowest BCUT2D eigenvalue weighted by Gasteiger charge is -2.40. The fourth-order valence-corrected chi connectivity index (χ4v) is 2.95. The van der Waals surface area contributed by atoms with Crippen molar-refractivity contribution in [3.8, 4) is 0 Å². The van der Waals surface area contributed by atoms with Gasteiger partial charge in [-0.15, -0.1) is 0 Å². The predicted molar refractivity (Wildman–Crippen MR) is 83.9 cm³/mol. The Kier molecular flexibility index (Phi) is 4.81. The highest BCUT2D eigenvalue weighted by Gasteiger charge is 2.34. The molecule has 0 amide bonds. The zero-order valence-electron chi connectivity index (χ0n) is 12.9. The number of hydrogen-bond acceptors (Lipinski definition) is 5. The maximum Gasteiger partial charge on any atom is 0.221 e. The normalized spacial score (nSPS) is 18.9. The van der Waals surface area contributed by atoms with Crippen LogP contribution in [0.5, 0.6) is 0 Å². The van der Waals surface area contributed by atoms with Crippen LogP contribution in [0.3, 0.4) is 0 Å². The van der Waals surface area contributed by atoms with Gasteiger partial charge in [-0.05, 0) is 38.9 Å². The quantitative estimate of drug-likeness (QED) is 0.864. The summed E-state index contributed by atoms with van der Waals surface area (Å²) in [5, 5.41) is 3.16. The lowest BCUT2D eigenvalue weighted by molar-refractivity contribution is 0.167. The first-order valence-corrected chi connectivity index (χ1v) is 7.62. The molecule has 112 valence electrons. The van der Waals surface area contributed by atoms with Gasteiger partial charge in [-0.25, -0.2) is 4.98 Å². The molecule has 0 aromatic carbocycles. The first-order chi connectivity index (χ1) is 9.59. The number of likely N-dealkylation sites (tertiary alicyclic amines) is 1. The van der Waals surface area contributed by atoms with Gasteiger partial charge in [0.1, 0.15) is 5.82 Å². The number of aromatic nitrogens is 2. The molecule has 0 radical (unpaired) electrons. The van der Waals surface area contributed by atoms with Crippen LogP contribution in [0.4, 0.5) is 11.8 Å². The molecule has 0 atom stereocenters. The number of anilines is 2. The molecule has 20 heavy (non-hydrogen) atoms. The Morgan fingerprint density at radius 3 is 2.70 bits per heavy atom. The summed E-state index contributed by atoms with van der Waals surface area (Å²) in [4.78, 5) is 11.1. The monoisotopic (exact) mass is 277 g/mol. The number of nitrogens with zero attached hydrogens (tertiary/aromatic N) is 3. The van der Waals surface area contributed by atoms with Gasteiger partial charge in [-0.3, -0.25) is 0 Å². The van der Waals surface area contributed by atoms with Crippen LogP contribution in [-0.2, 0) is 5.41 Å². The van der Waals surface area contributed by atoms with E-state index in [0.29, 0.717) is 5.95 Å². The van der Waals surface area contributed by atoms with Crippen LogP contribution in [0, 0.1) is 0 Å². The van der Waals surface area contributed by atoms with Crippen LogP contribution in [0.2, 0.25) is 0 Å². The maximum atomic E-state index is 5.68. The molecule has 0 spiro atoms.